The standard InChI is InChI=1S/C15H22N2O4S/c1-12-2-3-13(11-16)14(10-12)22(18,19)17-6-4-15(5-7-17)20-8-9-21-15/h2-3,10H,4-9,11,16H2,1H3. The molecule has 122 valence electrons. The highest BCUT2D eigenvalue weighted by Gasteiger charge is 2.42. The molecule has 0 atom stereocenters. The monoisotopic (exact) mass is 326 g/mol. The summed E-state index contributed by atoms with van der Waals surface area (Å²) in [4.78, 5) is 0.319. The molecular weight excluding hydrogens is 304 g/mol. The summed E-state index contributed by atoms with van der Waals surface area (Å²) in [6.07, 6.45) is 1.13. The zero-order chi connectivity index (χ0) is 15.8. The van der Waals surface area contributed by atoms with Crippen molar-refractivity contribution < 1.29 is 17.9 Å². The van der Waals surface area contributed by atoms with Gasteiger partial charge in [0.1, 0.15) is 0 Å². The van der Waals surface area contributed by atoms with E-state index in [4.69, 9.17) is 15.2 Å². The number of piperidine rings is 1. The predicted molar refractivity (Wildman–Crippen MR) is 81.7 cm³/mol. The van der Waals surface area contributed by atoms with Gasteiger partial charge < -0.3 is 15.2 Å². The molecule has 2 heterocycles. The van der Waals surface area contributed by atoms with Crippen LogP contribution in [-0.4, -0.2) is 44.8 Å². The number of hydrogen-bond acceptors (Lipinski definition) is 5. The lowest BCUT2D eigenvalue weighted by molar-refractivity contribution is -0.179. The van der Waals surface area contributed by atoms with Gasteiger partial charge in [0.05, 0.1) is 18.1 Å². The van der Waals surface area contributed by atoms with Crippen molar-refractivity contribution in [1.82, 2.24) is 4.31 Å². The first kappa shape index (κ1) is 15.9. The molecule has 2 saturated heterocycles. The molecular formula is C15H22N2O4S. The average molecular weight is 326 g/mol. The highest BCUT2D eigenvalue weighted by molar-refractivity contribution is 7.89. The second-order valence-electron chi connectivity index (χ2n) is 5.83. The lowest BCUT2D eigenvalue weighted by Gasteiger charge is -2.37. The van der Waals surface area contributed by atoms with Gasteiger partial charge in [0.15, 0.2) is 5.79 Å². The van der Waals surface area contributed by atoms with Crippen LogP contribution in [0.3, 0.4) is 0 Å². The van der Waals surface area contributed by atoms with E-state index in [2.05, 4.69) is 0 Å². The third-order valence-corrected chi connectivity index (χ3v) is 6.34. The van der Waals surface area contributed by atoms with Crippen molar-refractivity contribution in [2.24, 2.45) is 5.73 Å². The topological polar surface area (TPSA) is 81.9 Å². The lowest BCUT2D eigenvalue weighted by Crippen LogP contribution is -2.47. The maximum Gasteiger partial charge on any atom is 0.243 e. The van der Waals surface area contributed by atoms with E-state index in [1.165, 1.54) is 4.31 Å². The van der Waals surface area contributed by atoms with Crippen molar-refractivity contribution in [2.45, 2.75) is 37.0 Å². The zero-order valence-corrected chi connectivity index (χ0v) is 13.6. The summed E-state index contributed by atoms with van der Waals surface area (Å²) >= 11 is 0. The van der Waals surface area contributed by atoms with Crippen LogP contribution in [0, 0.1) is 6.92 Å². The molecule has 22 heavy (non-hydrogen) atoms. The van der Waals surface area contributed by atoms with Crippen LogP contribution in [0.15, 0.2) is 23.1 Å². The highest BCUT2D eigenvalue weighted by atomic mass is 32.2. The van der Waals surface area contributed by atoms with E-state index in [9.17, 15) is 8.42 Å². The first-order valence-electron chi connectivity index (χ1n) is 7.55. The SMILES string of the molecule is Cc1ccc(CN)c(S(=O)(=O)N2CCC3(CC2)OCCO3)c1. The molecule has 0 unspecified atom stereocenters. The molecule has 7 heteroatoms. The van der Waals surface area contributed by atoms with Gasteiger partial charge in [0.2, 0.25) is 10.0 Å². The van der Waals surface area contributed by atoms with Gasteiger partial charge in [-0.05, 0) is 24.1 Å². The van der Waals surface area contributed by atoms with Gasteiger partial charge in [0, 0.05) is 32.5 Å². The van der Waals surface area contributed by atoms with Gasteiger partial charge in [-0.25, -0.2) is 8.42 Å². The van der Waals surface area contributed by atoms with Crippen molar-refractivity contribution in [3.05, 3.63) is 29.3 Å². The normalized spacial score (nSPS) is 22.3. The summed E-state index contributed by atoms with van der Waals surface area (Å²) in [6, 6.07) is 5.37. The minimum Gasteiger partial charge on any atom is -0.347 e. The van der Waals surface area contributed by atoms with E-state index in [1.807, 2.05) is 13.0 Å². The number of ether oxygens (including phenoxy) is 2. The highest BCUT2D eigenvalue weighted by Crippen LogP contribution is 2.34. The van der Waals surface area contributed by atoms with Crippen molar-refractivity contribution >= 4 is 10.0 Å². The third kappa shape index (κ3) is 2.79. The van der Waals surface area contributed by atoms with Crippen LogP contribution in [0.4, 0.5) is 0 Å². The van der Waals surface area contributed by atoms with Crippen LogP contribution in [0.25, 0.3) is 0 Å². The van der Waals surface area contributed by atoms with Crippen LogP contribution < -0.4 is 5.73 Å². The Bertz CT molecular complexity index is 644. The molecule has 3 rings (SSSR count). The Kier molecular flexibility index (Phi) is 4.26. The molecule has 6 nitrogen and oxygen atoms in total. The fourth-order valence-corrected chi connectivity index (χ4v) is 4.82. The smallest absolute Gasteiger partial charge is 0.243 e. The van der Waals surface area contributed by atoms with E-state index in [0.29, 0.717) is 49.6 Å². The molecule has 0 aromatic heterocycles. The molecule has 0 radical (unpaired) electrons. The van der Waals surface area contributed by atoms with Crippen LogP contribution >= 0.6 is 0 Å². The van der Waals surface area contributed by atoms with Gasteiger partial charge in [-0.2, -0.15) is 4.31 Å². The largest absolute Gasteiger partial charge is 0.347 e. The number of benzene rings is 1. The minimum absolute atomic E-state index is 0.207. The van der Waals surface area contributed by atoms with Gasteiger partial charge in [-0.1, -0.05) is 12.1 Å². The number of sulfonamides is 1. The van der Waals surface area contributed by atoms with Crippen molar-refractivity contribution in [1.29, 1.82) is 0 Å². The summed E-state index contributed by atoms with van der Waals surface area (Å²) < 4.78 is 38.6. The first-order chi connectivity index (χ1) is 10.5. The van der Waals surface area contributed by atoms with E-state index < -0.39 is 15.8 Å². The average Bonchev–Trinajstić information content (AvgIpc) is 2.96. The number of nitrogens with zero attached hydrogens (tertiary/aromatic N) is 1. The molecule has 0 saturated carbocycles. The Labute approximate surface area is 131 Å². The van der Waals surface area contributed by atoms with Gasteiger partial charge in [0.25, 0.3) is 0 Å². The molecule has 2 aliphatic rings. The van der Waals surface area contributed by atoms with Crippen LogP contribution in [0.1, 0.15) is 24.0 Å². The van der Waals surface area contributed by atoms with Gasteiger partial charge in [-0.3, -0.25) is 0 Å². The fraction of sp³-hybridized carbons (Fsp3) is 0.600. The summed E-state index contributed by atoms with van der Waals surface area (Å²) in [5, 5.41) is 0. The second kappa shape index (κ2) is 5.90. The number of rotatable bonds is 3. The summed E-state index contributed by atoms with van der Waals surface area (Å²) in [7, 11) is -3.53. The first-order valence-corrected chi connectivity index (χ1v) is 8.99. The summed E-state index contributed by atoms with van der Waals surface area (Å²) in [5.74, 6) is -0.574. The van der Waals surface area contributed by atoms with Gasteiger partial charge in [-0.15, -0.1) is 0 Å². The summed E-state index contributed by atoms with van der Waals surface area (Å²) in [6.45, 7) is 4.06. The van der Waals surface area contributed by atoms with E-state index in [-0.39, 0.29) is 6.54 Å². The molecule has 2 fully saturated rings. The van der Waals surface area contributed by atoms with Crippen LogP contribution in [0.2, 0.25) is 0 Å². The van der Waals surface area contributed by atoms with Crippen LogP contribution in [-0.2, 0) is 26.0 Å². The molecule has 0 bridgehead atoms. The number of nitrogens with two attached hydrogens (primary N) is 1. The Hall–Kier alpha value is -0.990. The Morgan fingerprint density at radius 1 is 1.23 bits per heavy atom. The van der Waals surface area contributed by atoms with Crippen molar-refractivity contribution in [3.63, 3.8) is 0 Å². The maximum atomic E-state index is 12.9. The molecule has 0 amide bonds. The van der Waals surface area contributed by atoms with E-state index >= 15 is 0 Å². The molecule has 2 N–H and O–H groups in total. The molecule has 1 spiro atoms. The molecule has 0 aliphatic carbocycles. The molecule has 1 aromatic rings. The third-order valence-electron chi connectivity index (χ3n) is 4.36. The predicted octanol–water partition coefficient (Wildman–Crippen LogP) is 0.981. The maximum absolute atomic E-state index is 12.9. The van der Waals surface area contributed by atoms with Crippen molar-refractivity contribution in [2.75, 3.05) is 26.3 Å². The van der Waals surface area contributed by atoms with E-state index in [1.54, 1.807) is 12.1 Å². The zero-order valence-electron chi connectivity index (χ0n) is 12.7. The quantitative estimate of drug-likeness (QED) is 0.895. The summed E-state index contributed by atoms with van der Waals surface area (Å²) in [5.41, 5.74) is 7.26. The lowest BCUT2D eigenvalue weighted by atomic mass is 10.1. The molecule has 1 aromatic carbocycles. The van der Waals surface area contributed by atoms with E-state index in [0.717, 1.165) is 5.56 Å². The van der Waals surface area contributed by atoms with Gasteiger partial charge >= 0.3 is 0 Å². The number of aryl methyl sites for hydroxylation is 1. The fourth-order valence-electron chi connectivity index (χ4n) is 3.06. The molecule has 2 aliphatic heterocycles. The Morgan fingerprint density at radius 3 is 2.45 bits per heavy atom. The Balaban J connectivity index is 1.84. The second-order valence-corrected chi connectivity index (χ2v) is 7.73. The van der Waals surface area contributed by atoms with Crippen molar-refractivity contribution in [3.8, 4) is 0 Å². The van der Waals surface area contributed by atoms with Crippen LogP contribution in [0.5, 0.6) is 0 Å². The minimum atomic E-state index is -3.53. The number of hydrogen-bond donors (Lipinski definition) is 1. The Morgan fingerprint density at radius 2 is 1.86 bits per heavy atom.